The number of anilines is 1. The SMILES string of the molecule is COc1c(C)cnc(CNc2c(F)cc(F)cc2Cl)c1C. The van der Waals surface area contributed by atoms with Gasteiger partial charge in [-0.25, -0.2) is 8.78 Å². The third-order valence-corrected chi connectivity index (χ3v) is 3.49. The van der Waals surface area contributed by atoms with E-state index in [1.807, 2.05) is 13.8 Å². The zero-order valence-electron chi connectivity index (χ0n) is 11.9. The van der Waals surface area contributed by atoms with Gasteiger partial charge in [-0.05, 0) is 19.9 Å². The van der Waals surface area contributed by atoms with Gasteiger partial charge < -0.3 is 10.1 Å². The van der Waals surface area contributed by atoms with E-state index < -0.39 is 11.6 Å². The normalized spacial score (nSPS) is 10.6. The number of nitrogens with one attached hydrogen (secondary N) is 1. The molecule has 0 aliphatic heterocycles. The Balaban J connectivity index is 2.25. The number of nitrogens with zero attached hydrogens (tertiary/aromatic N) is 1. The lowest BCUT2D eigenvalue weighted by Gasteiger charge is -2.14. The van der Waals surface area contributed by atoms with Crippen LogP contribution in [0.3, 0.4) is 0 Å². The second kappa shape index (κ2) is 6.26. The first-order chi connectivity index (χ1) is 9.93. The fraction of sp³-hybridized carbons (Fsp3) is 0.267. The highest BCUT2D eigenvalue weighted by Crippen LogP contribution is 2.28. The van der Waals surface area contributed by atoms with E-state index in [0.29, 0.717) is 5.69 Å². The monoisotopic (exact) mass is 312 g/mol. The Morgan fingerprint density at radius 2 is 2.00 bits per heavy atom. The highest BCUT2D eigenvalue weighted by atomic mass is 35.5. The minimum Gasteiger partial charge on any atom is -0.496 e. The summed E-state index contributed by atoms with van der Waals surface area (Å²) in [4.78, 5) is 4.30. The maximum Gasteiger partial charge on any atom is 0.150 e. The van der Waals surface area contributed by atoms with Crippen LogP contribution in [-0.4, -0.2) is 12.1 Å². The van der Waals surface area contributed by atoms with E-state index in [0.717, 1.165) is 29.0 Å². The highest BCUT2D eigenvalue weighted by molar-refractivity contribution is 6.33. The van der Waals surface area contributed by atoms with Crippen LogP contribution >= 0.6 is 11.6 Å². The molecular weight excluding hydrogens is 298 g/mol. The predicted octanol–water partition coefficient (Wildman–Crippen LogP) is 4.25. The number of aromatic nitrogens is 1. The average Bonchev–Trinajstić information content (AvgIpc) is 2.40. The van der Waals surface area contributed by atoms with Crippen molar-refractivity contribution in [2.45, 2.75) is 20.4 Å². The van der Waals surface area contributed by atoms with Gasteiger partial charge in [-0.2, -0.15) is 0 Å². The first-order valence-electron chi connectivity index (χ1n) is 6.31. The Hall–Kier alpha value is -1.88. The maximum atomic E-state index is 13.7. The summed E-state index contributed by atoms with van der Waals surface area (Å²) in [5, 5.41) is 2.83. The summed E-state index contributed by atoms with van der Waals surface area (Å²) in [6.45, 7) is 4.02. The Morgan fingerprint density at radius 1 is 1.29 bits per heavy atom. The molecule has 112 valence electrons. The average molecular weight is 313 g/mol. The molecule has 3 nitrogen and oxygen atoms in total. The molecule has 0 saturated carbocycles. The molecular formula is C15H15ClF2N2O. The van der Waals surface area contributed by atoms with E-state index in [2.05, 4.69) is 10.3 Å². The lowest BCUT2D eigenvalue weighted by atomic mass is 10.1. The minimum absolute atomic E-state index is 0.00997. The van der Waals surface area contributed by atoms with E-state index in [1.54, 1.807) is 13.3 Å². The zero-order valence-corrected chi connectivity index (χ0v) is 12.7. The number of hydrogen-bond donors (Lipinski definition) is 1. The molecule has 1 aromatic heterocycles. The fourth-order valence-electron chi connectivity index (χ4n) is 2.13. The summed E-state index contributed by atoms with van der Waals surface area (Å²) in [5.41, 5.74) is 2.55. The van der Waals surface area contributed by atoms with Gasteiger partial charge in [-0.3, -0.25) is 4.98 Å². The molecule has 21 heavy (non-hydrogen) atoms. The summed E-state index contributed by atoms with van der Waals surface area (Å²) < 4.78 is 32.0. The molecule has 2 rings (SSSR count). The van der Waals surface area contributed by atoms with Crippen molar-refractivity contribution >= 4 is 17.3 Å². The van der Waals surface area contributed by atoms with Gasteiger partial charge in [0, 0.05) is 23.4 Å². The molecule has 0 amide bonds. The molecule has 1 aromatic carbocycles. The Labute approximate surface area is 126 Å². The van der Waals surface area contributed by atoms with Crippen LogP contribution in [0.1, 0.15) is 16.8 Å². The van der Waals surface area contributed by atoms with Crippen molar-refractivity contribution in [2.24, 2.45) is 0 Å². The molecule has 0 unspecified atom stereocenters. The van der Waals surface area contributed by atoms with E-state index in [9.17, 15) is 8.78 Å². The topological polar surface area (TPSA) is 34.1 Å². The van der Waals surface area contributed by atoms with Gasteiger partial charge in [-0.1, -0.05) is 11.6 Å². The lowest BCUT2D eigenvalue weighted by Crippen LogP contribution is -2.07. The zero-order chi connectivity index (χ0) is 15.6. The maximum absolute atomic E-state index is 13.7. The minimum atomic E-state index is -0.739. The second-order valence-electron chi connectivity index (χ2n) is 4.64. The Morgan fingerprint density at radius 3 is 2.62 bits per heavy atom. The summed E-state index contributed by atoms with van der Waals surface area (Å²) in [6.07, 6.45) is 1.69. The third-order valence-electron chi connectivity index (χ3n) is 3.19. The summed E-state index contributed by atoms with van der Waals surface area (Å²) in [6, 6.07) is 1.84. The van der Waals surface area contributed by atoms with E-state index >= 15 is 0 Å². The third kappa shape index (κ3) is 3.24. The van der Waals surface area contributed by atoms with E-state index in [-0.39, 0.29) is 17.3 Å². The van der Waals surface area contributed by atoms with Crippen molar-refractivity contribution in [1.82, 2.24) is 4.98 Å². The van der Waals surface area contributed by atoms with Crippen molar-refractivity contribution in [3.63, 3.8) is 0 Å². The summed E-state index contributed by atoms with van der Waals surface area (Å²) >= 11 is 5.84. The van der Waals surface area contributed by atoms with Gasteiger partial charge >= 0.3 is 0 Å². The van der Waals surface area contributed by atoms with Gasteiger partial charge in [0.25, 0.3) is 0 Å². The molecule has 0 spiro atoms. The van der Waals surface area contributed by atoms with Crippen LogP contribution in [0.2, 0.25) is 5.02 Å². The van der Waals surface area contributed by atoms with Gasteiger partial charge in [0.2, 0.25) is 0 Å². The predicted molar refractivity (Wildman–Crippen MR) is 79.0 cm³/mol. The largest absolute Gasteiger partial charge is 0.496 e. The number of ether oxygens (including phenoxy) is 1. The second-order valence-corrected chi connectivity index (χ2v) is 5.05. The number of rotatable bonds is 4. The summed E-state index contributed by atoms with van der Waals surface area (Å²) in [5.74, 6) is -0.710. The molecule has 0 radical (unpaired) electrons. The molecule has 0 atom stereocenters. The van der Waals surface area contributed by atoms with E-state index in [1.165, 1.54) is 0 Å². The van der Waals surface area contributed by atoms with Gasteiger partial charge in [0.1, 0.15) is 11.6 Å². The van der Waals surface area contributed by atoms with Gasteiger partial charge in [0.05, 0.1) is 30.1 Å². The van der Waals surface area contributed by atoms with Crippen molar-refractivity contribution < 1.29 is 13.5 Å². The number of methoxy groups -OCH3 is 1. The molecule has 0 saturated heterocycles. The molecule has 2 aromatic rings. The smallest absolute Gasteiger partial charge is 0.150 e. The fourth-order valence-corrected chi connectivity index (χ4v) is 2.39. The van der Waals surface area contributed by atoms with Crippen molar-refractivity contribution in [1.29, 1.82) is 0 Å². The molecule has 6 heteroatoms. The molecule has 1 N–H and O–H groups in total. The van der Waals surface area contributed by atoms with Crippen molar-refractivity contribution in [3.8, 4) is 5.75 Å². The van der Waals surface area contributed by atoms with Gasteiger partial charge in [0.15, 0.2) is 5.82 Å². The number of pyridine rings is 1. The van der Waals surface area contributed by atoms with E-state index in [4.69, 9.17) is 16.3 Å². The quantitative estimate of drug-likeness (QED) is 0.916. The first-order valence-corrected chi connectivity index (χ1v) is 6.69. The summed E-state index contributed by atoms with van der Waals surface area (Å²) in [7, 11) is 1.59. The Bertz CT molecular complexity index is 654. The van der Waals surface area contributed by atoms with Crippen LogP contribution in [0.5, 0.6) is 5.75 Å². The molecule has 1 heterocycles. The van der Waals surface area contributed by atoms with Crippen LogP contribution in [-0.2, 0) is 6.54 Å². The highest BCUT2D eigenvalue weighted by Gasteiger charge is 2.13. The number of halogens is 3. The number of benzene rings is 1. The van der Waals surface area contributed by atoms with Crippen LogP contribution in [0, 0.1) is 25.5 Å². The standard InChI is InChI=1S/C15H15ClF2N2O/c1-8-6-19-13(9(2)15(8)21-3)7-20-14-11(16)4-10(17)5-12(14)18/h4-6,20H,7H2,1-3H3. The van der Waals surface area contributed by atoms with Crippen LogP contribution in [0.25, 0.3) is 0 Å². The van der Waals surface area contributed by atoms with Crippen LogP contribution < -0.4 is 10.1 Å². The van der Waals surface area contributed by atoms with Crippen LogP contribution in [0.15, 0.2) is 18.3 Å². The number of aryl methyl sites for hydroxylation is 1. The van der Waals surface area contributed by atoms with Crippen LogP contribution in [0.4, 0.5) is 14.5 Å². The molecule has 0 aliphatic rings. The molecule has 0 fully saturated rings. The number of hydrogen-bond acceptors (Lipinski definition) is 3. The lowest BCUT2D eigenvalue weighted by molar-refractivity contribution is 0.407. The first kappa shape index (κ1) is 15.5. The van der Waals surface area contributed by atoms with Crippen molar-refractivity contribution in [2.75, 3.05) is 12.4 Å². The molecule has 0 bridgehead atoms. The molecule has 0 aliphatic carbocycles. The Kier molecular flexibility index (Phi) is 4.63. The van der Waals surface area contributed by atoms with Crippen molar-refractivity contribution in [3.05, 3.63) is 51.8 Å². The van der Waals surface area contributed by atoms with Gasteiger partial charge in [-0.15, -0.1) is 0 Å².